The summed E-state index contributed by atoms with van der Waals surface area (Å²) in [6.07, 6.45) is 0. The van der Waals surface area contributed by atoms with E-state index in [0.29, 0.717) is 0 Å². The number of hydrazine groups is 1. The van der Waals surface area contributed by atoms with Crippen LogP contribution in [-0.4, -0.2) is 24.2 Å². The monoisotopic (exact) mass is 166 g/mol. The van der Waals surface area contributed by atoms with E-state index in [0.717, 1.165) is 11.3 Å². The van der Waals surface area contributed by atoms with Gasteiger partial charge in [-0.3, -0.25) is 0 Å². The number of aryl methyl sites for hydroxylation is 1. The maximum atomic E-state index is 9.39. The molecule has 12 heavy (non-hydrogen) atoms. The van der Waals surface area contributed by atoms with Crippen LogP contribution >= 0.6 is 0 Å². The number of nitrogens with zero attached hydrogens (tertiary/aromatic N) is 1. The van der Waals surface area contributed by atoms with Crippen molar-refractivity contribution < 1.29 is 5.11 Å². The molecule has 3 nitrogen and oxygen atoms in total. The number of phenols is 1. The molecule has 0 heterocycles. The fourth-order valence-corrected chi connectivity index (χ4v) is 0.980. The average molecular weight is 166 g/mol. The van der Waals surface area contributed by atoms with Gasteiger partial charge in [0.05, 0.1) is 5.69 Å². The molecule has 0 saturated carbocycles. The molecule has 0 aliphatic heterocycles. The van der Waals surface area contributed by atoms with Gasteiger partial charge in [-0.1, -0.05) is 6.07 Å². The van der Waals surface area contributed by atoms with Crippen molar-refractivity contribution in [2.45, 2.75) is 6.92 Å². The van der Waals surface area contributed by atoms with Gasteiger partial charge in [0.1, 0.15) is 5.75 Å². The van der Waals surface area contributed by atoms with Crippen molar-refractivity contribution in [1.82, 2.24) is 5.01 Å². The minimum Gasteiger partial charge on any atom is -0.506 e. The second-order valence-corrected chi connectivity index (χ2v) is 3.03. The molecule has 0 unspecified atom stereocenters. The van der Waals surface area contributed by atoms with Gasteiger partial charge in [-0.15, -0.1) is 0 Å². The lowest BCUT2D eigenvalue weighted by molar-refractivity contribution is 0.458. The normalized spacial score (nSPS) is 10.3. The summed E-state index contributed by atoms with van der Waals surface area (Å²) in [4.78, 5) is 0. The number of aromatic hydroxyl groups is 1. The van der Waals surface area contributed by atoms with E-state index in [-0.39, 0.29) is 5.75 Å². The SMILES string of the molecule is Cc1ccc(O)c(NN(C)C)c1. The van der Waals surface area contributed by atoms with E-state index in [9.17, 15) is 5.11 Å². The number of phenolic OH excluding ortho intramolecular Hbond substituents is 1. The number of benzene rings is 1. The quantitative estimate of drug-likeness (QED) is 0.517. The maximum absolute atomic E-state index is 9.39. The summed E-state index contributed by atoms with van der Waals surface area (Å²) in [7, 11) is 3.75. The van der Waals surface area contributed by atoms with Gasteiger partial charge in [0.2, 0.25) is 0 Å². The van der Waals surface area contributed by atoms with Crippen LogP contribution in [0.3, 0.4) is 0 Å². The predicted octanol–water partition coefficient (Wildman–Crippen LogP) is 1.59. The fraction of sp³-hybridized carbons (Fsp3) is 0.333. The lowest BCUT2D eigenvalue weighted by Crippen LogP contribution is -2.19. The third kappa shape index (κ3) is 2.13. The van der Waals surface area contributed by atoms with E-state index < -0.39 is 0 Å². The van der Waals surface area contributed by atoms with Gasteiger partial charge in [-0.2, -0.15) is 0 Å². The first kappa shape index (κ1) is 8.87. The third-order valence-corrected chi connectivity index (χ3v) is 1.50. The highest BCUT2D eigenvalue weighted by Crippen LogP contribution is 2.23. The first-order valence-electron chi connectivity index (χ1n) is 3.83. The Morgan fingerprint density at radius 2 is 2.00 bits per heavy atom. The van der Waals surface area contributed by atoms with Crippen molar-refractivity contribution >= 4 is 5.69 Å². The van der Waals surface area contributed by atoms with Crippen molar-refractivity contribution in [3.63, 3.8) is 0 Å². The summed E-state index contributed by atoms with van der Waals surface area (Å²) >= 11 is 0. The molecule has 0 aliphatic carbocycles. The largest absolute Gasteiger partial charge is 0.506 e. The van der Waals surface area contributed by atoms with Crippen LogP contribution < -0.4 is 5.43 Å². The average Bonchev–Trinajstić information content (AvgIpc) is 1.96. The van der Waals surface area contributed by atoms with Crippen molar-refractivity contribution in [1.29, 1.82) is 0 Å². The highest BCUT2D eigenvalue weighted by Gasteiger charge is 2.00. The molecule has 0 aliphatic rings. The topological polar surface area (TPSA) is 35.5 Å². The molecule has 66 valence electrons. The van der Waals surface area contributed by atoms with Gasteiger partial charge in [-0.05, 0) is 24.6 Å². The number of nitrogens with one attached hydrogen (secondary N) is 1. The Kier molecular flexibility index (Phi) is 2.55. The number of hydrogen-bond acceptors (Lipinski definition) is 3. The first-order chi connectivity index (χ1) is 5.59. The highest BCUT2D eigenvalue weighted by molar-refractivity contribution is 5.56. The lowest BCUT2D eigenvalue weighted by Gasteiger charge is -2.14. The molecular formula is C9H14N2O. The summed E-state index contributed by atoms with van der Waals surface area (Å²) in [5.41, 5.74) is 4.86. The second-order valence-electron chi connectivity index (χ2n) is 3.03. The van der Waals surface area contributed by atoms with E-state index >= 15 is 0 Å². The van der Waals surface area contributed by atoms with Gasteiger partial charge in [0.25, 0.3) is 0 Å². The van der Waals surface area contributed by atoms with Crippen LogP contribution in [-0.2, 0) is 0 Å². The van der Waals surface area contributed by atoms with Crippen LogP contribution in [0.15, 0.2) is 18.2 Å². The van der Waals surface area contributed by atoms with Gasteiger partial charge in [-0.25, -0.2) is 5.01 Å². The van der Waals surface area contributed by atoms with Crippen molar-refractivity contribution in [3.05, 3.63) is 23.8 Å². The molecule has 0 aromatic heterocycles. The van der Waals surface area contributed by atoms with E-state index in [4.69, 9.17) is 0 Å². The molecule has 1 aromatic carbocycles. The minimum absolute atomic E-state index is 0.273. The zero-order chi connectivity index (χ0) is 9.14. The molecule has 1 aromatic rings. The van der Waals surface area contributed by atoms with E-state index in [1.807, 2.05) is 33.2 Å². The number of hydrogen-bond donors (Lipinski definition) is 2. The Morgan fingerprint density at radius 3 is 2.58 bits per heavy atom. The summed E-state index contributed by atoms with van der Waals surface area (Å²) < 4.78 is 0. The lowest BCUT2D eigenvalue weighted by atomic mass is 10.2. The molecule has 0 atom stereocenters. The molecule has 0 spiro atoms. The van der Waals surface area contributed by atoms with Gasteiger partial charge >= 0.3 is 0 Å². The molecular weight excluding hydrogens is 152 g/mol. The van der Waals surface area contributed by atoms with E-state index in [2.05, 4.69) is 5.43 Å². The third-order valence-electron chi connectivity index (χ3n) is 1.50. The highest BCUT2D eigenvalue weighted by atomic mass is 16.3. The van der Waals surface area contributed by atoms with Crippen LogP contribution in [0.1, 0.15) is 5.56 Å². The maximum Gasteiger partial charge on any atom is 0.140 e. The standard InChI is InChI=1S/C9H14N2O/c1-7-4-5-9(12)8(6-7)10-11(2)3/h4-6,10,12H,1-3H3. The molecule has 3 heteroatoms. The zero-order valence-corrected chi connectivity index (χ0v) is 7.63. The molecule has 0 fully saturated rings. The predicted molar refractivity (Wildman–Crippen MR) is 50.2 cm³/mol. The summed E-state index contributed by atoms with van der Waals surface area (Å²) in [5, 5.41) is 11.2. The zero-order valence-electron chi connectivity index (χ0n) is 7.63. The van der Waals surface area contributed by atoms with Crippen LogP contribution in [0.2, 0.25) is 0 Å². The van der Waals surface area contributed by atoms with Crippen LogP contribution in [0.5, 0.6) is 5.75 Å². The van der Waals surface area contributed by atoms with Crippen LogP contribution in [0.4, 0.5) is 5.69 Å². The molecule has 0 amide bonds. The molecule has 0 saturated heterocycles. The van der Waals surface area contributed by atoms with Crippen molar-refractivity contribution in [2.75, 3.05) is 19.5 Å². The number of anilines is 1. The Bertz CT molecular complexity index is 271. The molecule has 0 bridgehead atoms. The van der Waals surface area contributed by atoms with Crippen LogP contribution in [0.25, 0.3) is 0 Å². The smallest absolute Gasteiger partial charge is 0.140 e. The second kappa shape index (κ2) is 3.45. The first-order valence-corrected chi connectivity index (χ1v) is 3.83. The Balaban J connectivity index is 2.90. The Hall–Kier alpha value is -1.22. The molecule has 1 rings (SSSR count). The van der Waals surface area contributed by atoms with Crippen molar-refractivity contribution in [3.8, 4) is 5.75 Å². The van der Waals surface area contributed by atoms with Gasteiger partial charge in [0.15, 0.2) is 0 Å². The Morgan fingerprint density at radius 1 is 1.33 bits per heavy atom. The fourth-order valence-electron chi connectivity index (χ4n) is 0.980. The van der Waals surface area contributed by atoms with Crippen LogP contribution in [0, 0.1) is 6.92 Å². The Labute approximate surface area is 72.6 Å². The van der Waals surface area contributed by atoms with E-state index in [1.54, 1.807) is 11.1 Å². The molecule has 0 radical (unpaired) electrons. The summed E-state index contributed by atoms with van der Waals surface area (Å²) in [6, 6.07) is 5.45. The number of rotatable bonds is 2. The molecule has 2 N–H and O–H groups in total. The minimum atomic E-state index is 0.273. The van der Waals surface area contributed by atoms with Crippen molar-refractivity contribution in [2.24, 2.45) is 0 Å². The van der Waals surface area contributed by atoms with Gasteiger partial charge < -0.3 is 10.5 Å². The van der Waals surface area contributed by atoms with E-state index in [1.165, 1.54) is 0 Å². The van der Waals surface area contributed by atoms with Gasteiger partial charge in [0, 0.05) is 14.1 Å². The summed E-state index contributed by atoms with van der Waals surface area (Å²) in [5.74, 6) is 0.273. The summed E-state index contributed by atoms with van der Waals surface area (Å²) in [6.45, 7) is 1.99.